The van der Waals surface area contributed by atoms with E-state index >= 15 is 0 Å². The first-order valence-corrected chi connectivity index (χ1v) is 6.73. The number of primary amides is 1. The molecular formula is C13H14ClF3N2O2. The van der Waals surface area contributed by atoms with Gasteiger partial charge in [-0.15, -0.1) is 0 Å². The monoisotopic (exact) mass is 322 g/mol. The quantitative estimate of drug-likeness (QED) is 0.907. The van der Waals surface area contributed by atoms with Crippen LogP contribution in [-0.4, -0.2) is 25.3 Å². The zero-order valence-corrected chi connectivity index (χ0v) is 11.7. The minimum atomic E-state index is -4.43. The molecule has 1 fully saturated rings. The summed E-state index contributed by atoms with van der Waals surface area (Å²) in [6.45, 7) is 0.984. The smallest absolute Gasteiger partial charge is 0.416 e. The third kappa shape index (κ3) is 3.93. The molecule has 4 nitrogen and oxygen atoms in total. The number of piperidine rings is 1. The predicted octanol–water partition coefficient (Wildman–Crippen LogP) is 3.42. The van der Waals surface area contributed by atoms with E-state index in [4.69, 9.17) is 22.1 Å². The highest BCUT2D eigenvalue weighted by Gasteiger charge is 2.32. The molecule has 0 aromatic heterocycles. The Bertz CT molecular complexity index is 537. The molecule has 116 valence electrons. The molecule has 1 atom stereocenters. The number of hydrogen-bond donors (Lipinski definition) is 1. The fraction of sp³-hybridized carbons (Fsp3) is 0.462. The second kappa shape index (κ2) is 6.01. The van der Waals surface area contributed by atoms with Crippen LogP contribution in [0.5, 0.6) is 0 Å². The third-order valence-electron chi connectivity index (χ3n) is 3.28. The second-order valence-corrected chi connectivity index (χ2v) is 5.22. The van der Waals surface area contributed by atoms with Crippen LogP contribution in [0, 0.1) is 0 Å². The predicted molar refractivity (Wildman–Crippen MR) is 72.4 cm³/mol. The molecule has 1 aromatic carbocycles. The number of halogens is 4. The van der Waals surface area contributed by atoms with Crippen molar-refractivity contribution in [2.75, 3.05) is 18.0 Å². The van der Waals surface area contributed by atoms with Crippen molar-refractivity contribution in [3.63, 3.8) is 0 Å². The molecule has 2 N–H and O–H groups in total. The number of carbonyl (C=O) groups excluding carboxylic acids is 1. The van der Waals surface area contributed by atoms with E-state index in [0.29, 0.717) is 25.2 Å². The summed E-state index contributed by atoms with van der Waals surface area (Å²) >= 11 is 5.95. The van der Waals surface area contributed by atoms with Crippen LogP contribution in [0.4, 0.5) is 23.7 Å². The molecule has 0 saturated carbocycles. The van der Waals surface area contributed by atoms with Gasteiger partial charge in [0.15, 0.2) is 0 Å². The Balaban J connectivity index is 2.16. The largest absolute Gasteiger partial charge is 0.445 e. The van der Waals surface area contributed by atoms with Crippen LogP contribution in [0.15, 0.2) is 18.2 Å². The summed E-state index contributed by atoms with van der Waals surface area (Å²) in [5.41, 5.74) is 4.67. The van der Waals surface area contributed by atoms with Crippen LogP contribution in [0.25, 0.3) is 0 Å². The van der Waals surface area contributed by atoms with Crippen molar-refractivity contribution in [3.05, 3.63) is 28.8 Å². The van der Waals surface area contributed by atoms with Gasteiger partial charge in [-0.05, 0) is 31.0 Å². The molecule has 1 aliphatic heterocycles. The van der Waals surface area contributed by atoms with Gasteiger partial charge in [0.05, 0.1) is 22.8 Å². The molecule has 21 heavy (non-hydrogen) atoms. The van der Waals surface area contributed by atoms with Gasteiger partial charge in [-0.1, -0.05) is 11.6 Å². The number of nitrogens with zero attached hydrogens (tertiary/aromatic N) is 1. The molecule has 1 aliphatic rings. The zero-order valence-electron chi connectivity index (χ0n) is 11.0. The van der Waals surface area contributed by atoms with E-state index in [1.807, 2.05) is 0 Å². The number of amides is 1. The van der Waals surface area contributed by atoms with Crippen LogP contribution < -0.4 is 10.6 Å². The Labute approximate surface area is 124 Å². The molecule has 2 rings (SSSR count). The Kier molecular flexibility index (Phi) is 4.51. The van der Waals surface area contributed by atoms with Crippen LogP contribution in [0.3, 0.4) is 0 Å². The zero-order chi connectivity index (χ0) is 15.6. The lowest BCUT2D eigenvalue weighted by Gasteiger charge is -2.34. The molecule has 0 radical (unpaired) electrons. The number of rotatable bonds is 2. The van der Waals surface area contributed by atoms with Crippen molar-refractivity contribution >= 4 is 23.4 Å². The van der Waals surface area contributed by atoms with Gasteiger partial charge in [0.2, 0.25) is 0 Å². The van der Waals surface area contributed by atoms with Crippen LogP contribution in [0.1, 0.15) is 18.4 Å². The lowest BCUT2D eigenvalue weighted by Crippen LogP contribution is -2.41. The molecular weight excluding hydrogens is 309 g/mol. The Morgan fingerprint density at radius 2 is 2.14 bits per heavy atom. The number of hydrogen-bond acceptors (Lipinski definition) is 3. The maximum atomic E-state index is 12.6. The molecule has 8 heteroatoms. The minimum Gasteiger partial charge on any atom is -0.445 e. The first-order valence-electron chi connectivity index (χ1n) is 6.35. The molecule has 0 unspecified atom stereocenters. The normalized spacial score (nSPS) is 19.4. The van der Waals surface area contributed by atoms with Crippen molar-refractivity contribution in [1.29, 1.82) is 0 Å². The average molecular weight is 323 g/mol. The summed E-state index contributed by atoms with van der Waals surface area (Å²) in [7, 11) is 0. The van der Waals surface area contributed by atoms with E-state index in [9.17, 15) is 18.0 Å². The highest BCUT2D eigenvalue weighted by molar-refractivity contribution is 6.33. The van der Waals surface area contributed by atoms with E-state index in [-0.39, 0.29) is 11.1 Å². The van der Waals surface area contributed by atoms with Gasteiger partial charge < -0.3 is 15.4 Å². The topological polar surface area (TPSA) is 55.6 Å². The number of ether oxygens (including phenoxy) is 1. The number of carbonyl (C=O) groups is 1. The Morgan fingerprint density at radius 1 is 1.43 bits per heavy atom. The van der Waals surface area contributed by atoms with Crippen molar-refractivity contribution < 1.29 is 22.7 Å². The number of nitrogens with two attached hydrogens (primary N) is 1. The van der Waals surface area contributed by atoms with Crippen molar-refractivity contribution in [1.82, 2.24) is 0 Å². The van der Waals surface area contributed by atoms with Crippen LogP contribution in [0.2, 0.25) is 5.02 Å². The van der Waals surface area contributed by atoms with Gasteiger partial charge >= 0.3 is 12.3 Å². The van der Waals surface area contributed by atoms with Gasteiger partial charge in [-0.3, -0.25) is 0 Å². The summed E-state index contributed by atoms with van der Waals surface area (Å²) in [5.74, 6) is 0. The summed E-state index contributed by atoms with van der Waals surface area (Å²) in [5, 5.41) is 0.0181. The van der Waals surface area contributed by atoms with E-state index in [2.05, 4.69) is 0 Å². The molecule has 1 heterocycles. The number of anilines is 1. The maximum absolute atomic E-state index is 12.6. The van der Waals surface area contributed by atoms with E-state index in [1.54, 1.807) is 4.90 Å². The minimum absolute atomic E-state index is 0.0181. The second-order valence-electron chi connectivity index (χ2n) is 4.81. The Morgan fingerprint density at radius 3 is 2.71 bits per heavy atom. The molecule has 0 bridgehead atoms. The number of benzene rings is 1. The van der Waals surface area contributed by atoms with Gasteiger partial charge in [0, 0.05) is 6.54 Å². The number of alkyl halides is 3. The fourth-order valence-electron chi connectivity index (χ4n) is 2.36. The van der Waals surface area contributed by atoms with Crippen molar-refractivity contribution in [2.24, 2.45) is 5.73 Å². The summed E-state index contributed by atoms with van der Waals surface area (Å²) in [4.78, 5) is 12.6. The highest BCUT2D eigenvalue weighted by atomic mass is 35.5. The van der Waals surface area contributed by atoms with Gasteiger partial charge in [0.25, 0.3) is 0 Å². The SMILES string of the molecule is NC(=O)O[C@@H]1CCCN(c2ccc(C(F)(F)F)cc2Cl)C1. The first-order chi connectivity index (χ1) is 9.77. The highest BCUT2D eigenvalue weighted by Crippen LogP contribution is 2.36. The van der Waals surface area contributed by atoms with E-state index in [0.717, 1.165) is 18.6 Å². The lowest BCUT2D eigenvalue weighted by atomic mass is 10.1. The van der Waals surface area contributed by atoms with Crippen LogP contribution in [-0.2, 0) is 10.9 Å². The summed E-state index contributed by atoms with van der Waals surface area (Å²) < 4.78 is 42.7. The third-order valence-corrected chi connectivity index (χ3v) is 3.58. The maximum Gasteiger partial charge on any atom is 0.416 e. The molecule has 0 spiro atoms. The molecule has 1 amide bonds. The van der Waals surface area contributed by atoms with E-state index in [1.165, 1.54) is 6.07 Å². The Hall–Kier alpha value is -1.63. The van der Waals surface area contributed by atoms with Crippen molar-refractivity contribution in [3.8, 4) is 0 Å². The molecule has 1 aromatic rings. The summed E-state index contributed by atoms with van der Waals surface area (Å²) in [6, 6.07) is 3.22. The van der Waals surface area contributed by atoms with Crippen molar-refractivity contribution in [2.45, 2.75) is 25.1 Å². The molecule has 1 saturated heterocycles. The van der Waals surface area contributed by atoms with E-state index < -0.39 is 17.8 Å². The fourth-order valence-corrected chi connectivity index (χ4v) is 2.66. The average Bonchev–Trinajstić information content (AvgIpc) is 2.37. The molecule has 0 aliphatic carbocycles. The van der Waals surface area contributed by atoms with Gasteiger partial charge in [0.1, 0.15) is 6.10 Å². The summed E-state index contributed by atoms with van der Waals surface area (Å²) in [6.07, 6.45) is -4.27. The van der Waals surface area contributed by atoms with Gasteiger partial charge in [-0.25, -0.2) is 4.79 Å². The lowest BCUT2D eigenvalue weighted by molar-refractivity contribution is -0.137. The first kappa shape index (κ1) is 15.8. The standard InChI is InChI=1S/C13H14ClF3N2O2/c14-10-6-8(13(15,16)17)3-4-11(10)19-5-1-2-9(7-19)21-12(18)20/h3-4,6,9H,1-2,5,7H2,(H2,18,20)/t9-/m1/s1. The van der Waals surface area contributed by atoms with Crippen LogP contribution >= 0.6 is 11.6 Å². The van der Waals surface area contributed by atoms with Gasteiger partial charge in [-0.2, -0.15) is 13.2 Å².